The van der Waals surface area contributed by atoms with Gasteiger partial charge in [0.05, 0.1) is 0 Å². The lowest BCUT2D eigenvalue weighted by Crippen LogP contribution is -2.09. The fraction of sp³-hybridized carbons (Fsp3) is 0.455. The molecule has 0 aliphatic heterocycles. The number of aromatic nitrogens is 5. The Balaban J connectivity index is 2.35. The first-order valence-corrected chi connectivity index (χ1v) is 5.77. The second-order valence-electron chi connectivity index (χ2n) is 3.73. The molecule has 0 fully saturated rings. The molecule has 6 heteroatoms. The Hall–Kier alpha value is -1.82. The summed E-state index contributed by atoms with van der Waals surface area (Å²) >= 11 is 0. The third-order valence-corrected chi connectivity index (χ3v) is 2.59. The van der Waals surface area contributed by atoms with Crippen molar-refractivity contribution in [3.63, 3.8) is 0 Å². The molecule has 2 N–H and O–H groups in total. The molecule has 0 amide bonds. The van der Waals surface area contributed by atoms with Gasteiger partial charge in [-0.05, 0) is 41.4 Å². The normalized spacial score (nSPS) is 10.7. The summed E-state index contributed by atoms with van der Waals surface area (Å²) in [6, 6.07) is 3.97. The van der Waals surface area contributed by atoms with Crippen molar-refractivity contribution in [1.29, 1.82) is 0 Å². The average molecular weight is 232 g/mol. The molecule has 17 heavy (non-hydrogen) atoms. The number of hydrogen-bond acceptors (Lipinski definition) is 5. The van der Waals surface area contributed by atoms with Crippen LogP contribution < -0.4 is 5.73 Å². The Morgan fingerprint density at radius 1 is 1.41 bits per heavy atom. The smallest absolute Gasteiger partial charge is 0.200 e. The second kappa shape index (κ2) is 5.49. The lowest BCUT2D eigenvalue weighted by Gasteiger charge is -2.06. The summed E-state index contributed by atoms with van der Waals surface area (Å²) in [7, 11) is 0. The first kappa shape index (κ1) is 11.7. The Labute approximate surface area is 99.9 Å². The molecule has 0 aliphatic carbocycles. The van der Waals surface area contributed by atoms with Crippen molar-refractivity contribution in [3.8, 4) is 11.5 Å². The van der Waals surface area contributed by atoms with Crippen LogP contribution in [0.1, 0.15) is 18.9 Å². The van der Waals surface area contributed by atoms with Crippen LogP contribution in [-0.4, -0.2) is 31.7 Å². The van der Waals surface area contributed by atoms with Crippen LogP contribution in [-0.2, 0) is 13.0 Å². The van der Waals surface area contributed by atoms with E-state index in [4.69, 9.17) is 5.73 Å². The molecule has 0 saturated heterocycles. The predicted octanol–water partition coefficient (Wildman–Crippen LogP) is 0.646. The summed E-state index contributed by atoms with van der Waals surface area (Å²) in [5.74, 6) is 0.718. The number of tetrazole rings is 1. The van der Waals surface area contributed by atoms with E-state index >= 15 is 0 Å². The van der Waals surface area contributed by atoms with Gasteiger partial charge >= 0.3 is 0 Å². The van der Waals surface area contributed by atoms with E-state index < -0.39 is 0 Å². The van der Waals surface area contributed by atoms with Crippen molar-refractivity contribution in [2.75, 3.05) is 6.54 Å². The van der Waals surface area contributed by atoms with Gasteiger partial charge in [-0.15, -0.1) is 5.10 Å². The molecule has 2 aromatic heterocycles. The molecule has 0 bridgehead atoms. The quantitative estimate of drug-likeness (QED) is 0.818. The zero-order chi connectivity index (χ0) is 12.1. The second-order valence-corrected chi connectivity index (χ2v) is 3.73. The molecular formula is C11H16N6. The highest BCUT2D eigenvalue weighted by Gasteiger charge is 2.12. The third kappa shape index (κ3) is 2.47. The summed E-state index contributed by atoms with van der Waals surface area (Å²) in [6.07, 6.45) is 3.52. The van der Waals surface area contributed by atoms with Crippen LogP contribution in [0.3, 0.4) is 0 Å². The van der Waals surface area contributed by atoms with E-state index in [2.05, 4.69) is 27.4 Å². The molecule has 0 radical (unpaired) electrons. The topological polar surface area (TPSA) is 82.5 Å². The zero-order valence-corrected chi connectivity index (χ0v) is 9.87. The number of hydrogen-bond donors (Lipinski definition) is 1. The number of pyridine rings is 1. The maximum absolute atomic E-state index is 5.49. The van der Waals surface area contributed by atoms with Gasteiger partial charge in [0.25, 0.3) is 0 Å². The summed E-state index contributed by atoms with van der Waals surface area (Å²) in [4.78, 5) is 4.37. The minimum Gasteiger partial charge on any atom is -0.330 e. The summed E-state index contributed by atoms with van der Waals surface area (Å²) in [5.41, 5.74) is 7.50. The van der Waals surface area contributed by atoms with E-state index in [0.717, 1.165) is 36.5 Å². The predicted molar refractivity (Wildman–Crippen MR) is 64.1 cm³/mol. The monoisotopic (exact) mass is 232 g/mol. The summed E-state index contributed by atoms with van der Waals surface area (Å²) in [5, 5.41) is 11.7. The van der Waals surface area contributed by atoms with E-state index in [1.54, 1.807) is 10.9 Å². The molecule has 2 aromatic rings. The number of rotatable bonds is 5. The van der Waals surface area contributed by atoms with E-state index in [-0.39, 0.29) is 0 Å². The molecule has 2 rings (SSSR count). The van der Waals surface area contributed by atoms with Crippen LogP contribution in [0.4, 0.5) is 0 Å². The van der Waals surface area contributed by atoms with Crippen molar-refractivity contribution in [2.24, 2.45) is 5.73 Å². The minimum absolute atomic E-state index is 0.627. The lowest BCUT2D eigenvalue weighted by atomic mass is 10.1. The SMILES string of the molecule is CCc1cccnc1-c1nnnn1CCCN. The Kier molecular flexibility index (Phi) is 3.77. The first-order valence-electron chi connectivity index (χ1n) is 5.77. The maximum Gasteiger partial charge on any atom is 0.200 e. The van der Waals surface area contributed by atoms with Crippen LogP contribution in [0.25, 0.3) is 11.5 Å². The number of nitrogens with zero attached hydrogens (tertiary/aromatic N) is 5. The summed E-state index contributed by atoms with van der Waals surface area (Å²) in [6.45, 7) is 3.44. The Morgan fingerprint density at radius 3 is 3.06 bits per heavy atom. The largest absolute Gasteiger partial charge is 0.330 e. The van der Waals surface area contributed by atoms with Gasteiger partial charge in [0.15, 0.2) is 0 Å². The first-order chi connectivity index (χ1) is 8.36. The minimum atomic E-state index is 0.627. The molecule has 0 atom stereocenters. The number of nitrogens with two attached hydrogens (primary N) is 1. The van der Waals surface area contributed by atoms with Crippen LogP contribution in [0.2, 0.25) is 0 Å². The molecule has 90 valence electrons. The van der Waals surface area contributed by atoms with Crippen LogP contribution >= 0.6 is 0 Å². The molecule has 0 spiro atoms. The lowest BCUT2D eigenvalue weighted by molar-refractivity contribution is 0.567. The van der Waals surface area contributed by atoms with Crippen molar-refractivity contribution in [2.45, 2.75) is 26.3 Å². The van der Waals surface area contributed by atoms with Gasteiger partial charge in [-0.2, -0.15) is 0 Å². The van der Waals surface area contributed by atoms with Gasteiger partial charge in [0, 0.05) is 12.7 Å². The van der Waals surface area contributed by atoms with Crippen LogP contribution in [0, 0.1) is 0 Å². The highest BCUT2D eigenvalue weighted by molar-refractivity contribution is 5.54. The van der Waals surface area contributed by atoms with Crippen molar-refractivity contribution < 1.29 is 0 Å². The zero-order valence-electron chi connectivity index (χ0n) is 9.87. The van der Waals surface area contributed by atoms with Gasteiger partial charge < -0.3 is 5.73 Å². The van der Waals surface area contributed by atoms with Gasteiger partial charge in [-0.1, -0.05) is 13.0 Å². The van der Waals surface area contributed by atoms with Gasteiger partial charge in [0.1, 0.15) is 5.69 Å². The van der Waals surface area contributed by atoms with Gasteiger partial charge in [-0.25, -0.2) is 4.68 Å². The van der Waals surface area contributed by atoms with E-state index in [9.17, 15) is 0 Å². The van der Waals surface area contributed by atoms with Crippen molar-refractivity contribution in [3.05, 3.63) is 23.9 Å². The van der Waals surface area contributed by atoms with E-state index in [0.29, 0.717) is 6.54 Å². The number of aryl methyl sites for hydroxylation is 2. The van der Waals surface area contributed by atoms with Crippen LogP contribution in [0.5, 0.6) is 0 Å². The Morgan fingerprint density at radius 2 is 2.29 bits per heavy atom. The fourth-order valence-corrected chi connectivity index (χ4v) is 1.69. The summed E-state index contributed by atoms with van der Waals surface area (Å²) < 4.78 is 1.76. The van der Waals surface area contributed by atoms with Crippen molar-refractivity contribution >= 4 is 0 Å². The van der Waals surface area contributed by atoms with Crippen molar-refractivity contribution in [1.82, 2.24) is 25.2 Å². The van der Waals surface area contributed by atoms with Crippen LogP contribution in [0.15, 0.2) is 18.3 Å². The molecule has 0 aliphatic rings. The molecule has 2 heterocycles. The Bertz CT molecular complexity index is 478. The molecule has 0 unspecified atom stereocenters. The van der Waals surface area contributed by atoms with E-state index in [1.165, 1.54) is 0 Å². The maximum atomic E-state index is 5.49. The molecule has 6 nitrogen and oxygen atoms in total. The molecule has 0 aromatic carbocycles. The highest BCUT2D eigenvalue weighted by atomic mass is 15.5. The molecular weight excluding hydrogens is 216 g/mol. The van der Waals surface area contributed by atoms with Gasteiger partial charge in [0.2, 0.25) is 5.82 Å². The van der Waals surface area contributed by atoms with E-state index in [1.807, 2.05) is 12.1 Å². The highest BCUT2D eigenvalue weighted by Crippen LogP contribution is 2.18. The molecule has 0 saturated carbocycles. The average Bonchev–Trinajstić information content (AvgIpc) is 2.84. The third-order valence-electron chi connectivity index (χ3n) is 2.59. The van der Waals surface area contributed by atoms with Gasteiger partial charge in [-0.3, -0.25) is 4.98 Å². The standard InChI is InChI=1S/C11H16N6/c1-2-9-5-3-7-13-10(9)11-14-15-16-17(11)8-4-6-12/h3,5,7H,2,4,6,8,12H2,1H3. The fourth-order valence-electron chi connectivity index (χ4n) is 1.69.